The summed E-state index contributed by atoms with van der Waals surface area (Å²) in [5, 5.41) is 0.0635. The molecule has 8 nitrogen and oxygen atoms in total. The van der Waals surface area contributed by atoms with E-state index >= 15 is 0 Å². The first-order chi connectivity index (χ1) is 20.7. The van der Waals surface area contributed by atoms with E-state index in [2.05, 4.69) is 67.7 Å². The Balaban J connectivity index is 1.88. The van der Waals surface area contributed by atoms with Gasteiger partial charge in [0.2, 0.25) is 23.4 Å². The van der Waals surface area contributed by atoms with Gasteiger partial charge in [-0.05, 0) is 71.7 Å². The SMILES string of the molecule is CC(=O)Oc1c(OC(C)=O)c(-c2ccc(O[Si](C)(C)C(C)(C)C)cc2)c2c(c1-c1ccc(O[Si](C)(C)C(C)(C)C)cc1)OCO2. The smallest absolute Gasteiger partial charge is 0.308 e. The van der Waals surface area contributed by atoms with Gasteiger partial charge in [0, 0.05) is 13.8 Å². The molecule has 45 heavy (non-hydrogen) atoms. The van der Waals surface area contributed by atoms with Crippen molar-refractivity contribution in [2.45, 2.75) is 91.7 Å². The summed E-state index contributed by atoms with van der Waals surface area (Å²) >= 11 is 0. The molecular formula is C35H46O8Si2. The molecule has 0 aromatic heterocycles. The summed E-state index contributed by atoms with van der Waals surface area (Å²) in [6, 6.07) is 15.0. The second-order valence-corrected chi connectivity index (χ2v) is 23.9. The molecule has 0 N–H and O–H groups in total. The minimum absolute atomic E-state index is 0.0317. The molecule has 1 aliphatic rings. The van der Waals surface area contributed by atoms with Gasteiger partial charge in [-0.15, -0.1) is 0 Å². The van der Waals surface area contributed by atoms with Crippen LogP contribution in [0.15, 0.2) is 48.5 Å². The van der Waals surface area contributed by atoms with Crippen molar-refractivity contribution < 1.29 is 37.4 Å². The van der Waals surface area contributed by atoms with Crippen LogP contribution in [0.3, 0.4) is 0 Å². The molecule has 4 rings (SSSR count). The molecule has 0 amide bonds. The topological polar surface area (TPSA) is 89.5 Å². The summed E-state index contributed by atoms with van der Waals surface area (Å²) in [4.78, 5) is 25.0. The Morgan fingerprint density at radius 2 is 0.911 bits per heavy atom. The van der Waals surface area contributed by atoms with E-state index in [9.17, 15) is 9.59 Å². The van der Waals surface area contributed by atoms with Gasteiger partial charge in [0.25, 0.3) is 0 Å². The zero-order chi connectivity index (χ0) is 33.5. The maximum absolute atomic E-state index is 12.5. The van der Waals surface area contributed by atoms with E-state index in [0.717, 1.165) is 11.5 Å². The van der Waals surface area contributed by atoms with Crippen LogP contribution < -0.4 is 27.8 Å². The Morgan fingerprint density at radius 1 is 0.600 bits per heavy atom. The molecule has 3 aromatic carbocycles. The highest BCUT2D eigenvalue weighted by molar-refractivity contribution is 6.75. The highest BCUT2D eigenvalue weighted by atomic mass is 28.4. The number of hydrogen-bond donors (Lipinski definition) is 0. The number of hydrogen-bond acceptors (Lipinski definition) is 8. The average molecular weight is 651 g/mol. The third kappa shape index (κ3) is 7.22. The lowest BCUT2D eigenvalue weighted by atomic mass is 9.95. The summed E-state index contributed by atoms with van der Waals surface area (Å²) in [7, 11) is -4.14. The molecular weight excluding hydrogens is 605 g/mol. The number of fused-ring (bicyclic) bond motifs is 1. The maximum Gasteiger partial charge on any atom is 0.308 e. The van der Waals surface area contributed by atoms with Gasteiger partial charge in [-0.3, -0.25) is 9.59 Å². The van der Waals surface area contributed by atoms with Gasteiger partial charge in [-0.1, -0.05) is 65.8 Å². The van der Waals surface area contributed by atoms with Crippen molar-refractivity contribution in [1.82, 2.24) is 0 Å². The quantitative estimate of drug-likeness (QED) is 0.135. The number of benzene rings is 3. The highest BCUT2D eigenvalue weighted by Crippen LogP contribution is 2.59. The molecule has 10 heteroatoms. The van der Waals surface area contributed by atoms with Crippen molar-refractivity contribution in [3.63, 3.8) is 0 Å². The molecule has 1 heterocycles. The van der Waals surface area contributed by atoms with E-state index in [-0.39, 0.29) is 28.4 Å². The molecule has 0 fully saturated rings. The van der Waals surface area contributed by atoms with Crippen LogP contribution in [-0.4, -0.2) is 35.4 Å². The predicted octanol–water partition coefficient (Wildman–Crippen LogP) is 9.37. The van der Waals surface area contributed by atoms with Gasteiger partial charge < -0.3 is 27.8 Å². The zero-order valence-electron chi connectivity index (χ0n) is 28.6. The van der Waals surface area contributed by atoms with Crippen molar-refractivity contribution in [1.29, 1.82) is 0 Å². The molecule has 0 unspecified atom stereocenters. The minimum atomic E-state index is -2.07. The van der Waals surface area contributed by atoms with Gasteiger partial charge in [0.15, 0.2) is 23.0 Å². The standard InChI is InChI=1S/C35H46O8Si2/c1-22(36)40-32-28(24-13-17-26(18-14-24)42-44(9,10)34(3,4)5)30-31(39-21-38-30)29(33(32)41-23(2)37)25-15-19-27(20-16-25)43-45(11,12)35(6,7)8/h13-20H,21H2,1-12H3. The van der Waals surface area contributed by atoms with Crippen LogP contribution >= 0.6 is 0 Å². The fourth-order valence-corrected chi connectivity index (χ4v) is 6.43. The monoisotopic (exact) mass is 650 g/mol. The lowest BCUT2D eigenvalue weighted by molar-refractivity contribution is -0.134. The Bertz CT molecular complexity index is 1460. The number of ether oxygens (including phenoxy) is 4. The first-order valence-corrected chi connectivity index (χ1v) is 21.0. The molecule has 3 aromatic rings. The van der Waals surface area contributed by atoms with E-state index in [4.69, 9.17) is 27.8 Å². The molecule has 0 bridgehead atoms. The predicted molar refractivity (Wildman–Crippen MR) is 182 cm³/mol. The zero-order valence-corrected chi connectivity index (χ0v) is 30.6. The van der Waals surface area contributed by atoms with Crippen molar-refractivity contribution in [3.8, 4) is 56.8 Å². The van der Waals surface area contributed by atoms with E-state index in [1.807, 2.05) is 48.5 Å². The van der Waals surface area contributed by atoms with Crippen LogP contribution in [0.1, 0.15) is 55.4 Å². The Morgan fingerprint density at radius 3 is 1.18 bits per heavy atom. The molecule has 0 saturated carbocycles. The fourth-order valence-electron chi connectivity index (χ4n) is 4.36. The van der Waals surface area contributed by atoms with Crippen LogP contribution in [0.25, 0.3) is 22.3 Å². The third-order valence-electron chi connectivity index (χ3n) is 8.86. The van der Waals surface area contributed by atoms with E-state index in [1.165, 1.54) is 13.8 Å². The molecule has 0 atom stereocenters. The van der Waals surface area contributed by atoms with Gasteiger partial charge in [0.05, 0.1) is 11.1 Å². The van der Waals surface area contributed by atoms with Gasteiger partial charge in [0.1, 0.15) is 11.5 Å². The van der Waals surface area contributed by atoms with Crippen LogP contribution in [0.5, 0.6) is 34.5 Å². The van der Waals surface area contributed by atoms with Crippen molar-refractivity contribution >= 4 is 28.6 Å². The van der Waals surface area contributed by atoms with Crippen LogP contribution in [0, 0.1) is 0 Å². The minimum Gasteiger partial charge on any atom is -0.544 e. The normalized spacial score (nSPS) is 13.3. The summed E-state index contributed by atoms with van der Waals surface area (Å²) in [5.74, 6) is 1.23. The first-order valence-electron chi connectivity index (χ1n) is 15.2. The number of carbonyl (C=O) groups excluding carboxylic acids is 2. The molecule has 0 aliphatic carbocycles. The summed E-state index contributed by atoms with van der Waals surface area (Å²) in [6.45, 7) is 24.4. The largest absolute Gasteiger partial charge is 0.544 e. The Hall–Kier alpha value is -3.77. The van der Waals surface area contributed by atoms with Crippen molar-refractivity contribution in [2.75, 3.05) is 6.79 Å². The van der Waals surface area contributed by atoms with Crippen LogP contribution in [0.2, 0.25) is 36.3 Å². The van der Waals surface area contributed by atoms with Crippen LogP contribution in [0.4, 0.5) is 0 Å². The van der Waals surface area contributed by atoms with Gasteiger partial charge in [-0.2, -0.15) is 0 Å². The third-order valence-corrected chi connectivity index (χ3v) is 17.6. The molecule has 242 valence electrons. The average Bonchev–Trinajstić information content (AvgIpc) is 3.37. The van der Waals surface area contributed by atoms with Crippen LogP contribution in [-0.2, 0) is 9.59 Å². The summed E-state index contributed by atoms with van der Waals surface area (Å²) < 4.78 is 36.6. The lowest BCUT2D eigenvalue weighted by Gasteiger charge is -2.36. The molecule has 0 saturated heterocycles. The molecule has 1 aliphatic heterocycles. The Labute approximate surface area is 269 Å². The van der Waals surface area contributed by atoms with E-state index < -0.39 is 28.6 Å². The number of carbonyl (C=O) groups is 2. The molecule has 0 spiro atoms. The van der Waals surface area contributed by atoms with E-state index in [1.54, 1.807) is 0 Å². The highest BCUT2D eigenvalue weighted by Gasteiger charge is 2.40. The lowest BCUT2D eigenvalue weighted by Crippen LogP contribution is -2.43. The van der Waals surface area contributed by atoms with Gasteiger partial charge >= 0.3 is 11.9 Å². The summed E-state index contributed by atoms with van der Waals surface area (Å²) in [6.07, 6.45) is 0. The Kier molecular flexibility index (Phi) is 9.25. The van der Waals surface area contributed by atoms with Gasteiger partial charge in [-0.25, -0.2) is 0 Å². The molecule has 0 radical (unpaired) electrons. The fraction of sp³-hybridized carbons (Fsp3) is 0.429. The first kappa shape index (κ1) is 34.1. The van der Waals surface area contributed by atoms with Crippen molar-refractivity contribution in [2.24, 2.45) is 0 Å². The number of rotatable bonds is 8. The second-order valence-electron chi connectivity index (χ2n) is 14.4. The maximum atomic E-state index is 12.5. The van der Waals surface area contributed by atoms with Crippen molar-refractivity contribution in [3.05, 3.63) is 48.5 Å². The number of esters is 2. The van der Waals surface area contributed by atoms with E-state index in [0.29, 0.717) is 33.8 Å². The second kappa shape index (κ2) is 12.2. The summed E-state index contributed by atoms with van der Waals surface area (Å²) in [5.41, 5.74) is 2.23.